The van der Waals surface area contributed by atoms with Crippen molar-refractivity contribution in [2.45, 2.75) is 19.3 Å². The number of hydrogen-bond acceptors (Lipinski definition) is 4. The highest BCUT2D eigenvalue weighted by Crippen LogP contribution is 2.15. The van der Waals surface area contributed by atoms with Crippen LogP contribution >= 0.6 is 0 Å². The first-order valence-corrected chi connectivity index (χ1v) is 4.70. The number of ether oxygens (including phenoxy) is 2. The van der Waals surface area contributed by atoms with Crippen LogP contribution in [0.3, 0.4) is 0 Å². The van der Waals surface area contributed by atoms with Crippen LogP contribution < -0.4 is 0 Å². The standard InChI is InChI=1S/C9H16O4/c10-4-1-5-13-9(11)8-2-6-12-7-3-8/h8,10H,1-7H2. The van der Waals surface area contributed by atoms with Gasteiger partial charge in [-0.15, -0.1) is 0 Å². The highest BCUT2D eigenvalue weighted by Gasteiger charge is 2.22. The van der Waals surface area contributed by atoms with Gasteiger partial charge in [-0.2, -0.15) is 0 Å². The number of carbonyl (C=O) groups is 1. The van der Waals surface area contributed by atoms with Crippen LogP contribution in [0, 0.1) is 5.92 Å². The van der Waals surface area contributed by atoms with E-state index in [1.807, 2.05) is 0 Å². The fraction of sp³-hybridized carbons (Fsp3) is 0.889. The van der Waals surface area contributed by atoms with E-state index in [4.69, 9.17) is 14.6 Å². The number of aliphatic hydroxyl groups is 1. The SMILES string of the molecule is O=C(OCCCO)C1CCOCC1. The van der Waals surface area contributed by atoms with Crippen LogP contribution in [0.5, 0.6) is 0 Å². The van der Waals surface area contributed by atoms with Gasteiger partial charge in [-0.1, -0.05) is 0 Å². The molecule has 1 rings (SSSR count). The fourth-order valence-electron chi connectivity index (χ4n) is 1.29. The molecule has 1 N–H and O–H groups in total. The second-order valence-electron chi connectivity index (χ2n) is 3.13. The van der Waals surface area contributed by atoms with E-state index < -0.39 is 0 Å². The summed E-state index contributed by atoms with van der Waals surface area (Å²) in [4.78, 5) is 11.3. The highest BCUT2D eigenvalue weighted by atomic mass is 16.5. The lowest BCUT2D eigenvalue weighted by atomic mass is 10.0. The normalized spacial score (nSPS) is 18.5. The summed E-state index contributed by atoms with van der Waals surface area (Å²) in [7, 11) is 0. The van der Waals surface area contributed by atoms with Crippen molar-refractivity contribution in [3.05, 3.63) is 0 Å². The van der Waals surface area contributed by atoms with Gasteiger partial charge in [0.1, 0.15) is 0 Å². The van der Waals surface area contributed by atoms with Gasteiger partial charge in [0.15, 0.2) is 0 Å². The Bertz CT molecular complexity index is 152. The Hall–Kier alpha value is -0.610. The summed E-state index contributed by atoms with van der Waals surface area (Å²) in [6.45, 7) is 1.70. The molecule has 4 heteroatoms. The van der Waals surface area contributed by atoms with Gasteiger partial charge < -0.3 is 14.6 Å². The van der Waals surface area contributed by atoms with Crippen molar-refractivity contribution < 1.29 is 19.4 Å². The third-order valence-electron chi connectivity index (χ3n) is 2.10. The zero-order valence-electron chi connectivity index (χ0n) is 7.70. The molecule has 0 aliphatic carbocycles. The molecule has 1 fully saturated rings. The summed E-state index contributed by atoms with van der Waals surface area (Å²) in [6, 6.07) is 0. The van der Waals surface area contributed by atoms with Crippen LogP contribution in [0.15, 0.2) is 0 Å². The highest BCUT2D eigenvalue weighted by molar-refractivity contribution is 5.72. The second-order valence-corrected chi connectivity index (χ2v) is 3.13. The largest absolute Gasteiger partial charge is 0.465 e. The van der Waals surface area contributed by atoms with Gasteiger partial charge in [0, 0.05) is 26.2 Å². The Morgan fingerprint density at radius 3 is 2.77 bits per heavy atom. The molecule has 0 bridgehead atoms. The first-order chi connectivity index (χ1) is 6.34. The van der Waals surface area contributed by atoms with E-state index in [1.54, 1.807) is 0 Å². The van der Waals surface area contributed by atoms with Crippen LogP contribution in [0.1, 0.15) is 19.3 Å². The Kier molecular flexibility index (Phi) is 4.78. The zero-order chi connectivity index (χ0) is 9.52. The van der Waals surface area contributed by atoms with Crippen molar-refractivity contribution in [2.75, 3.05) is 26.4 Å². The smallest absolute Gasteiger partial charge is 0.309 e. The number of hydrogen-bond donors (Lipinski definition) is 1. The second kappa shape index (κ2) is 5.94. The molecule has 0 unspecified atom stereocenters. The van der Waals surface area contributed by atoms with E-state index in [0.29, 0.717) is 26.2 Å². The molecular formula is C9H16O4. The minimum Gasteiger partial charge on any atom is -0.465 e. The average Bonchev–Trinajstić information content (AvgIpc) is 2.19. The fourth-order valence-corrected chi connectivity index (χ4v) is 1.29. The monoisotopic (exact) mass is 188 g/mol. The molecule has 0 spiro atoms. The van der Waals surface area contributed by atoms with Gasteiger partial charge in [0.2, 0.25) is 0 Å². The molecule has 0 amide bonds. The minimum absolute atomic E-state index is 0.00689. The molecule has 1 saturated heterocycles. The van der Waals surface area contributed by atoms with Crippen LogP contribution in [-0.2, 0) is 14.3 Å². The quantitative estimate of drug-likeness (QED) is 0.510. The van der Waals surface area contributed by atoms with Gasteiger partial charge >= 0.3 is 5.97 Å². The predicted molar refractivity (Wildman–Crippen MR) is 46.2 cm³/mol. The van der Waals surface area contributed by atoms with Crippen LogP contribution in [0.25, 0.3) is 0 Å². The molecule has 1 heterocycles. The summed E-state index contributed by atoms with van der Waals surface area (Å²) >= 11 is 0. The lowest BCUT2D eigenvalue weighted by Gasteiger charge is -2.20. The first kappa shape index (κ1) is 10.5. The van der Waals surface area contributed by atoms with E-state index in [0.717, 1.165) is 12.8 Å². The van der Waals surface area contributed by atoms with Gasteiger partial charge in [-0.05, 0) is 12.8 Å². The van der Waals surface area contributed by atoms with Gasteiger partial charge in [0.25, 0.3) is 0 Å². The Morgan fingerprint density at radius 1 is 1.46 bits per heavy atom. The molecule has 0 saturated carbocycles. The lowest BCUT2D eigenvalue weighted by Crippen LogP contribution is -2.25. The molecular weight excluding hydrogens is 172 g/mol. The van der Waals surface area contributed by atoms with Gasteiger partial charge in [-0.25, -0.2) is 0 Å². The molecule has 0 aromatic rings. The third kappa shape index (κ3) is 3.74. The third-order valence-corrected chi connectivity index (χ3v) is 2.10. The average molecular weight is 188 g/mol. The molecule has 13 heavy (non-hydrogen) atoms. The maximum absolute atomic E-state index is 11.3. The number of aliphatic hydroxyl groups excluding tert-OH is 1. The first-order valence-electron chi connectivity index (χ1n) is 4.70. The summed E-state index contributed by atoms with van der Waals surface area (Å²) in [5, 5.41) is 8.48. The summed E-state index contributed by atoms with van der Waals surface area (Å²) in [5.74, 6) is -0.135. The Balaban J connectivity index is 2.13. The van der Waals surface area contributed by atoms with Gasteiger partial charge in [0.05, 0.1) is 12.5 Å². The molecule has 0 aromatic carbocycles. The van der Waals surface area contributed by atoms with Crippen molar-refractivity contribution >= 4 is 5.97 Å². The molecule has 0 radical (unpaired) electrons. The summed E-state index contributed by atoms with van der Waals surface area (Å²) < 4.78 is 10.1. The van der Waals surface area contributed by atoms with E-state index in [2.05, 4.69) is 0 Å². The molecule has 76 valence electrons. The van der Waals surface area contributed by atoms with Crippen molar-refractivity contribution in [3.63, 3.8) is 0 Å². The van der Waals surface area contributed by atoms with Crippen LogP contribution in [-0.4, -0.2) is 37.5 Å². The van der Waals surface area contributed by atoms with E-state index in [1.165, 1.54) is 0 Å². The molecule has 0 atom stereocenters. The van der Waals surface area contributed by atoms with E-state index >= 15 is 0 Å². The van der Waals surface area contributed by atoms with Crippen LogP contribution in [0.2, 0.25) is 0 Å². The van der Waals surface area contributed by atoms with Crippen LogP contribution in [0.4, 0.5) is 0 Å². The maximum Gasteiger partial charge on any atom is 0.309 e. The lowest BCUT2D eigenvalue weighted by molar-refractivity contribution is -0.151. The number of carbonyl (C=O) groups excluding carboxylic acids is 1. The zero-order valence-corrected chi connectivity index (χ0v) is 7.70. The predicted octanol–water partition coefficient (Wildman–Crippen LogP) is 0.339. The molecule has 4 nitrogen and oxygen atoms in total. The Labute approximate surface area is 77.8 Å². The Morgan fingerprint density at radius 2 is 2.15 bits per heavy atom. The van der Waals surface area contributed by atoms with E-state index in [9.17, 15) is 4.79 Å². The maximum atomic E-state index is 11.3. The molecule has 1 aliphatic rings. The topological polar surface area (TPSA) is 55.8 Å². The molecule has 0 aromatic heterocycles. The number of esters is 1. The summed E-state index contributed by atoms with van der Waals surface area (Å²) in [5.41, 5.74) is 0. The minimum atomic E-state index is -0.142. The van der Waals surface area contributed by atoms with Crippen molar-refractivity contribution in [3.8, 4) is 0 Å². The van der Waals surface area contributed by atoms with Crippen molar-refractivity contribution in [2.24, 2.45) is 5.92 Å². The van der Waals surface area contributed by atoms with Gasteiger partial charge in [-0.3, -0.25) is 4.79 Å². The molecule has 1 aliphatic heterocycles. The number of rotatable bonds is 4. The van der Waals surface area contributed by atoms with E-state index in [-0.39, 0.29) is 18.5 Å². The van der Waals surface area contributed by atoms with Crippen molar-refractivity contribution in [1.29, 1.82) is 0 Å². The van der Waals surface area contributed by atoms with Crippen molar-refractivity contribution in [1.82, 2.24) is 0 Å². The summed E-state index contributed by atoms with van der Waals surface area (Å²) in [6.07, 6.45) is 2.05.